The van der Waals surface area contributed by atoms with Crippen LogP contribution < -0.4 is 15.8 Å². The molecule has 1 aliphatic rings. The molecule has 1 fully saturated rings. The topological polar surface area (TPSA) is 99.8 Å². The minimum absolute atomic E-state index is 0. The number of sulfonamides is 1. The first-order chi connectivity index (χ1) is 13.8. The first kappa shape index (κ1) is 24.6. The molecule has 0 radical (unpaired) electrons. The van der Waals surface area contributed by atoms with E-state index in [0.717, 1.165) is 25.1 Å². The molecule has 9 heteroatoms. The molecular formula is C21H30IN5O2S. The Morgan fingerprint density at radius 3 is 2.53 bits per heavy atom. The first-order valence-corrected chi connectivity index (χ1v) is 11.3. The van der Waals surface area contributed by atoms with Gasteiger partial charge >= 0.3 is 0 Å². The Morgan fingerprint density at radius 1 is 1.17 bits per heavy atom. The molecule has 2 unspecified atom stereocenters. The van der Waals surface area contributed by atoms with Crippen LogP contribution in [0.15, 0.2) is 64.5 Å². The lowest BCUT2D eigenvalue weighted by molar-refractivity contribution is 0.258. The summed E-state index contributed by atoms with van der Waals surface area (Å²) in [5, 5.41) is 11.9. The summed E-state index contributed by atoms with van der Waals surface area (Å²) in [5.41, 5.74) is 2.14. The molecule has 2 atom stereocenters. The number of guanidine groups is 1. The average Bonchev–Trinajstić information content (AvgIpc) is 3.04. The molecule has 1 saturated heterocycles. The van der Waals surface area contributed by atoms with Crippen molar-refractivity contribution in [2.75, 3.05) is 13.6 Å². The second kappa shape index (κ2) is 11.1. The van der Waals surface area contributed by atoms with Crippen molar-refractivity contribution in [3.8, 4) is 0 Å². The number of rotatable bonds is 6. The van der Waals surface area contributed by atoms with Crippen molar-refractivity contribution in [1.82, 2.24) is 15.5 Å². The fourth-order valence-electron chi connectivity index (χ4n) is 3.65. The van der Waals surface area contributed by atoms with Crippen LogP contribution in [0.2, 0.25) is 0 Å². The molecule has 3 rings (SSSR count). The molecule has 0 bridgehead atoms. The third-order valence-electron chi connectivity index (χ3n) is 5.18. The van der Waals surface area contributed by atoms with E-state index in [-0.39, 0.29) is 28.9 Å². The summed E-state index contributed by atoms with van der Waals surface area (Å²) in [6.45, 7) is 4.59. The Balaban J connectivity index is 0.00000320. The van der Waals surface area contributed by atoms with Gasteiger partial charge in [0.25, 0.3) is 0 Å². The molecular weight excluding hydrogens is 513 g/mol. The van der Waals surface area contributed by atoms with Crippen molar-refractivity contribution in [3.05, 3.63) is 65.7 Å². The zero-order chi connectivity index (χ0) is 20.9. The minimum atomic E-state index is -3.71. The molecule has 1 aliphatic heterocycles. The number of primary sulfonamides is 1. The maximum atomic E-state index is 11.5. The lowest BCUT2D eigenvalue weighted by Crippen LogP contribution is -2.44. The van der Waals surface area contributed by atoms with Gasteiger partial charge in [-0.2, -0.15) is 0 Å². The summed E-state index contributed by atoms with van der Waals surface area (Å²) in [6, 6.07) is 17.9. The van der Waals surface area contributed by atoms with Crippen LogP contribution in [0.5, 0.6) is 0 Å². The molecule has 2 aromatic carbocycles. The van der Waals surface area contributed by atoms with Gasteiger partial charge in [-0.1, -0.05) is 42.5 Å². The summed E-state index contributed by atoms with van der Waals surface area (Å²) in [4.78, 5) is 6.88. The Labute approximate surface area is 196 Å². The molecule has 0 spiro atoms. The number of nitrogens with two attached hydrogens (primary N) is 1. The van der Waals surface area contributed by atoms with E-state index in [1.807, 2.05) is 12.1 Å². The number of nitrogens with zero attached hydrogens (tertiary/aromatic N) is 2. The normalized spacial score (nSPS) is 19.9. The van der Waals surface area contributed by atoms with Gasteiger partial charge < -0.3 is 10.6 Å². The fraction of sp³-hybridized carbons (Fsp3) is 0.381. The maximum Gasteiger partial charge on any atom is 0.238 e. The molecule has 4 N–H and O–H groups in total. The second-order valence-corrected chi connectivity index (χ2v) is 9.02. The second-order valence-electron chi connectivity index (χ2n) is 7.46. The van der Waals surface area contributed by atoms with E-state index in [2.05, 4.69) is 51.7 Å². The van der Waals surface area contributed by atoms with Crippen LogP contribution in [0.3, 0.4) is 0 Å². The Kier molecular flexibility index (Phi) is 9.08. The van der Waals surface area contributed by atoms with Crippen molar-refractivity contribution in [2.45, 2.75) is 43.4 Å². The number of benzene rings is 2. The summed E-state index contributed by atoms with van der Waals surface area (Å²) in [5.74, 6) is 0.699. The summed E-state index contributed by atoms with van der Waals surface area (Å²) in [7, 11) is -1.97. The van der Waals surface area contributed by atoms with Crippen molar-refractivity contribution in [2.24, 2.45) is 10.1 Å². The number of halogens is 1. The van der Waals surface area contributed by atoms with Gasteiger partial charge in [0, 0.05) is 38.8 Å². The van der Waals surface area contributed by atoms with Crippen LogP contribution in [0, 0.1) is 0 Å². The lowest BCUT2D eigenvalue weighted by atomic mass is 10.2. The molecule has 0 amide bonds. The van der Waals surface area contributed by atoms with Crippen LogP contribution >= 0.6 is 24.0 Å². The van der Waals surface area contributed by atoms with Gasteiger partial charge in [0.15, 0.2) is 5.96 Å². The third kappa shape index (κ3) is 6.93. The first-order valence-electron chi connectivity index (χ1n) is 9.72. The SMILES string of the molecule is CN=C(NCc1cccc(S(N)(=O)=O)c1)NC1CC(C)N(Cc2ccccc2)C1.I. The molecule has 0 aromatic heterocycles. The van der Waals surface area contributed by atoms with Gasteiger partial charge in [-0.05, 0) is 36.6 Å². The highest BCUT2D eigenvalue weighted by molar-refractivity contribution is 14.0. The number of likely N-dealkylation sites (tertiary alicyclic amines) is 1. The molecule has 2 aromatic rings. The molecule has 0 saturated carbocycles. The average molecular weight is 543 g/mol. The minimum Gasteiger partial charge on any atom is -0.352 e. The van der Waals surface area contributed by atoms with Gasteiger partial charge in [0.2, 0.25) is 10.0 Å². The van der Waals surface area contributed by atoms with Crippen LogP contribution in [0.4, 0.5) is 0 Å². The highest BCUT2D eigenvalue weighted by Gasteiger charge is 2.29. The Hall–Kier alpha value is -1.69. The van der Waals surface area contributed by atoms with Gasteiger partial charge in [-0.3, -0.25) is 9.89 Å². The Bertz CT molecular complexity index is 953. The van der Waals surface area contributed by atoms with Crippen LogP contribution in [0.25, 0.3) is 0 Å². The largest absolute Gasteiger partial charge is 0.352 e. The summed E-state index contributed by atoms with van der Waals surface area (Å²) >= 11 is 0. The third-order valence-corrected chi connectivity index (χ3v) is 6.09. The summed E-state index contributed by atoms with van der Waals surface area (Å²) in [6.07, 6.45) is 1.04. The molecule has 1 heterocycles. The van der Waals surface area contributed by atoms with Crippen LogP contribution in [0.1, 0.15) is 24.5 Å². The number of nitrogens with one attached hydrogen (secondary N) is 2. The monoisotopic (exact) mass is 543 g/mol. The van der Waals surface area contributed by atoms with E-state index in [1.54, 1.807) is 19.2 Å². The van der Waals surface area contributed by atoms with Gasteiger partial charge in [0.1, 0.15) is 0 Å². The van der Waals surface area contributed by atoms with E-state index in [9.17, 15) is 8.42 Å². The predicted molar refractivity (Wildman–Crippen MR) is 131 cm³/mol. The highest BCUT2D eigenvalue weighted by atomic mass is 127. The van der Waals surface area contributed by atoms with Gasteiger partial charge in [0.05, 0.1) is 4.90 Å². The highest BCUT2D eigenvalue weighted by Crippen LogP contribution is 2.20. The fourth-order valence-corrected chi connectivity index (χ4v) is 4.23. The standard InChI is InChI=1S/C21H29N5O2S.HI/c1-16-11-19(15-26(16)14-17-7-4-3-5-8-17)25-21(23-2)24-13-18-9-6-10-20(12-18)29(22,27)28;/h3-10,12,16,19H,11,13-15H2,1-2H3,(H2,22,27,28)(H2,23,24,25);1H. The predicted octanol–water partition coefficient (Wildman–Crippen LogP) is 2.28. The van der Waals surface area contributed by atoms with Gasteiger partial charge in [-0.15, -0.1) is 24.0 Å². The summed E-state index contributed by atoms with van der Waals surface area (Å²) < 4.78 is 23.0. The molecule has 7 nitrogen and oxygen atoms in total. The Morgan fingerprint density at radius 2 is 1.87 bits per heavy atom. The van der Waals surface area contributed by atoms with E-state index in [1.165, 1.54) is 11.6 Å². The van der Waals surface area contributed by atoms with Crippen molar-refractivity contribution >= 4 is 40.0 Å². The van der Waals surface area contributed by atoms with E-state index in [4.69, 9.17) is 5.14 Å². The van der Waals surface area contributed by atoms with Crippen molar-refractivity contribution in [1.29, 1.82) is 0 Å². The number of hydrogen-bond donors (Lipinski definition) is 3. The molecule has 0 aliphatic carbocycles. The quantitative estimate of drug-likeness (QED) is 0.295. The van der Waals surface area contributed by atoms with Crippen molar-refractivity contribution < 1.29 is 8.42 Å². The lowest BCUT2D eigenvalue weighted by Gasteiger charge is -2.21. The molecule has 164 valence electrons. The number of aliphatic imine (C=N–C) groups is 1. The molecule has 30 heavy (non-hydrogen) atoms. The van der Waals surface area contributed by atoms with Gasteiger partial charge in [-0.25, -0.2) is 13.6 Å². The zero-order valence-corrected chi connectivity index (χ0v) is 20.4. The van der Waals surface area contributed by atoms with Crippen LogP contribution in [-0.4, -0.2) is 45.0 Å². The number of hydrogen-bond acceptors (Lipinski definition) is 4. The smallest absolute Gasteiger partial charge is 0.238 e. The van der Waals surface area contributed by atoms with E-state index < -0.39 is 10.0 Å². The zero-order valence-electron chi connectivity index (χ0n) is 17.3. The van der Waals surface area contributed by atoms with Crippen molar-refractivity contribution in [3.63, 3.8) is 0 Å². The van der Waals surface area contributed by atoms with E-state index >= 15 is 0 Å². The van der Waals surface area contributed by atoms with Crippen LogP contribution in [-0.2, 0) is 23.1 Å². The van der Waals surface area contributed by atoms with E-state index in [0.29, 0.717) is 24.6 Å². The maximum absolute atomic E-state index is 11.5.